The summed E-state index contributed by atoms with van der Waals surface area (Å²) in [5.74, 6) is -0.0350. The summed E-state index contributed by atoms with van der Waals surface area (Å²) in [6, 6.07) is 3.65. The minimum atomic E-state index is -0.328. The van der Waals surface area contributed by atoms with Crippen LogP contribution in [-0.2, 0) is 13.5 Å². The normalized spacial score (nSPS) is 10.1. The maximum atomic E-state index is 12.0. The molecule has 7 heteroatoms. The fourth-order valence-electron chi connectivity index (χ4n) is 1.56. The molecule has 0 saturated carbocycles. The van der Waals surface area contributed by atoms with Crippen LogP contribution in [0.3, 0.4) is 0 Å². The molecule has 2 N–H and O–H groups in total. The zero-order valence-electron chi connectivity index (χ0n) is 10.1. The van der Waals surface area contributed by atoms with Crippen molar-refractivity contribution in [3.05, 3.63) is 29.2 Å². The first-order valence-electron chi connectivity index (χ1n) is 5.43. The molecule has 2 aromatic rings. The Morgan fingerprint density at radius 1 is 1.67 bits per heavy atom. The second-order valence-electron chi connectivity index (χ2n) is 3.72. The Balaban J connectivity index is 2.22. The predicted molar refractivity (Wildman–Crippen MR) is 63.8 cm³/mol. The van der Waals surface area contributed by atoms with Gasteiger partial charge in [0.2, 0.25) is 0 Å². The van der Waals surface area contributed by atoms with E-state index < -0.39 is 0 Å². The van der Waals surface area contributed by atoms with E-state index in [1.165, 1.54) is 10.9 Å². The van der Waals surface area contributed by atoms with E-state index in [1.807, 2.05) is 13.0 Å². The van der Waals surface area contributed by atoms with Crippen molar-refractivity contribution in [1.82, 2.24) is 20.0 Å². The zero-order valence-corrected chi connectivity index (χ0v) is 10.1. The third kappa shape index (κ3) is 2.08. The van der Waals surface area contributed by atoms with Crippen LogP contribution >= 0.6 is 0 Å². The Hall–Kier alpha value is -2.62. The summed E-state index contributed by atoms with van der Waals surface area (Å²) in [6.45, 7) is 1.96. The quantitative estimate of drug-likeness (QED) is 0.835. The molecule has 2 aromatic heterocycles. The number of nitrogens with zero attached hydrogens (tertiary/aromatic N) is 4. The number of carbonyl (C=O) groups excluding carboxylic acids is 1. The average Bonchev–Trinajstić information content (AvgIpc) is 2.95. The Bertz CT molecular complexity index is 618. The summed E-state index contributed by atoms with van der Waals surface area (Å²) in [4.78, 5) is 12.0. The predicted octanol–water partition coefficient (Wildman–Crippen LogP) is 0.830. The van der Waals surface area contributed by atoms with Crippen LogP contribution in [0.25, 0.3) is 0 Å². The first kappa shape index (κ1) is 11.9. The van der Waals surface area contributed by atoms with Gasteiger partial charge in [0.1, 0.15) is 23.1 Å². The van der Waals surface area contributed by atoms with E-state index >= 15 is 0 Å². The molecule has 0 aliphatic rings. The molecule has 1 amide bonds. The molecule has 0 aromatic carbocycles. The fourth-order valence-corrected chi connectivity index (χ4v) is 1.56. The summed E-state index contributed by atoms with van der Waals surface area (Å²) >= 11 is 0. The Morgan fingerprint density at radius 2 is 2.44 bits per heavy atom. The highest BCUT2D eigenvalue weighted by atomic mass is 16.2. The molecule has 0 aliphatic carbocycles. The van der Waals surface area contributed by atoms with Gasteiger partial charge in [-0.3, -0.25) is 14.6 Å². The molecular formula is C11H12N6O. The largest absolute Gasteiger partial charge is 0.304 e. The third-order valence-corrected chi connectivity index (χ3v) is 2.52. The van der Waals surface area contributed by atoms with Crippen LogP contribution in [0.5, 0.6) is 0 Å². The second kappa shape index (κ2) is 4.71. The molecular weight excluding hydrogens is 232 g/mol. The maximum Gasteiger partial charge on any atom is 0.275 e. The topological polar surface area (TPSA) is 99.4 Å². The molecule has 0 saturated heterocycles. The fraction of sp³-hybridized carbons (Fsp3) is 0.273. The van der Waals surface area contributed by atoms with Crippen molar-refractivity contribution < 1.29 is 4.79 Å². The molecule has 2 rings (SSSR count). The first-order valence-corrected chi connectivity index (χ1v) is 5.43. The van der Waals surface area contributed by atoms with Crippen LogP contribution in [0.2, 0.25) is 0 Å². The molecule has 7 nitrogen and oxygen atoms in total. The lowest BCUT2D eigenvalue weighted by Crippen LogP contribution is -2.16. The number of aromatic nitrogens is 4. The number of anilines is 1. The highest BCUT2D eigenvalue weighted by molar-refractivity contribution is 6.03. The van der Waals surface area contributed by atoms with E-state index in [9.17, 15) is 4.79 Å². The summed E-state index contributed by atoms with van der Waals surface area (Å²) in [5.41, 5.74) is 1.57. The van der Waals surface area contributed by atoms with E-state index in [0.717, 1.165) is 12.1 Å². The minimum absolute atomic E-state index is 0.293. The lowest BCUT2D eigenvalue weighted by molar-refractivity contribution is 0.101. The van der Waals surface area contributed by atoms with Crippen molar-refractivity contribution in [1.29, 1.82) is 5.26 Å². The molecule has 2 heterocycles. The van der Waals surface area contributed by atoms with Gasteiger partial charge in [0.05, 0.1) is 11.9 Å². The van der Waals surface area contributed by atoms with Gasteiger partial charge in [-0.15, -0.1) is 0 Å². The number of nitrogens with one attached hydrogen (secondary N) is 2. The average molecular weight is 244 g/mol. The summed E-state index contributed by atoms with van der Waals surface area (Å²) < 4.78 is 1.51. The van der Waals surface area contributed by atoms with E-state index in [2.05, 4.69) is 20.6 Å². The standard InChI is InChI=1S/C11H12N6O/c1-3-8-4-9(17(2)16-8)11(18)14-10-7(5-12)6-13-15-10/h4,6H,3H2,1-2H3,(H2,13,14,15,18). The van der Waals surface area contributed by atoms with Gasteiger partial charge >= 0.3 is 0 Å². The lowest BCUT2D eigenvalue weighted by atomic mass is 10.3. The Kier molecular flexibility index (Phi) is 3.10. The molecule has 18 heavy (non-hydrogen) atoms. The number of rotatable bonds is 3. The van der Waals surface area contributed by atoms with Crippen molar-refractivity contribution in [3.63, 3.8) is 0 Å². The smallest absolute Gasteiger partial charge is 0.275 e. The summed E-state index contributed by atoms with van der Waals surface area (Å²) in [7, 11) is 1.70. The van der Waals surface area contributed by atoms with Crippen molar-refractivity contribution >= 4 is 11.7 Å². The van der Waals surface area contributed by atoms with E-state index in [4.69, 9.17) is 5.26 Å². The van der Waals surface area contributed by atoms with Crippen LogP contribution in [-0.4, -0.2) is 25.9 Å². The van der Waals surface area contributed by atoms with Crippen molar-refractivity contribution in [3.8, 4) is 6.07 Å². The maximum absolute atomic E-state index is 12.0. The molecule has 0 atom stereocenters. The van der Waals surface area contributed by atoms with Gasteiger partial charge in [-0.1, -0.05) is 6.92 Å². The molecule has 0 aliphatic heterocycles. The number of aryl methyl sites for hydroxylation is 2. The van der Waals surface area contributed by atoms with Gasteiger partial charge < -0.3 is 5.32 Å². The molecule has 0 unspecified atom stereocenters. The number of hydrogen-bond donors (Lipinski definition) is 2. The summed E-state index contributed by atoms with van der Waals surface area (Å²) in [5, 5.41) is 21.9. The molecule has 0 bridgehead atoms. The van der Waals surface area contributed by atoms with Gasteiger partial charge in [0.25, 0.3) is 5.91 Å². The van der Waals surface area contributed by atoms with E-state index in [-0.39, 0.29) is 5.91 Å². The van der Waals surface area contributed by atoms with Gasteiger partial charge in [-0.2, -0.15) is 15.5 Å². The number of hydrogen-bond acceptors (Lipinski definition) is 4. The van der Waals surface area contributed by atoms with E-state index in [1.54, 1.807) is 13.1 Å². The monoisotopic (exact) mass is 244 g/mol. The van der Waals surface area contributed by atoms with Crippen LogP contribution in [0.4, 0.5) is 5.82 Å². The summed E-state index contributed by atoms with van der Waals surface area (Å²) in [6.07, 6.45) is 2.12. The molecule has 0 radical (unpaired) electrons. The molecule has 0 fully saturated rings. The van der Waals surface area contributed by atoms with Crippen molar-refractivity contribution in [2.45, 2.75) is 13.3 Å². The van der Waals surface area contributed by atoms with Crippen LogP contribution < -0.4 is 5.32 Å². The van der Waals surface area contributed by atoms with Gasteiger partial charge in [-0.25, -0.2) is 0 Å². The van der Waals surface area contributed by atoms with Crippen LogP contribution in [0, 0.1) is 11.3 Å². The second-order valence-corrected chi connectivity index (χ2v) is 3.72. The highest BCUT2D eigenvalue weighted by Crippen LogP contribution is 2.11. The Morgan fingerprint density at radius 3 is 3.06 bits per heavy atom. The van der Waals surface area contributed by atoms with Crippen molar-refractivity contribution in [2.75, 3.05) is 5.32 Å². The molecule has 0 spiro atoms. The number of amides is 1. The number of aromatic amines is 1. The lowest BCUT2D eigenvalue weighted by Gasteiger charge is -2.02. The number of nitriles is 1. The minimum Gasteiger partial charge on any atom is -0.304 e. The van der Waals surface area contributed by atoms with E-state index in [0.29, 0.717) is 17.1 Å². The molecule has 92 valence electrons. The van der Waals surface area contributed by atoms with Gasteiger partial charge in [0, 0.05) is 7.05 Å². The first-order chi connectivity index (χ1) is 8.65. The highest BCUT2D eigenvalue weighted by Gasteiger charge is 2.15. The zero-order chi connectivity index (χ0) is 13.1. The number of carbonyl (C=O) groups is 1. The van der Waals surface area contributed by atoms with Crippen LogP contribution in [0.15, 0.2) is 12.3 Å². The number of H-pyrrole nitrogens is 1. The van der Waals surface area contributed by atoms with Crippen molar-refractivity contribution in [2.24, 2.45) is 7.05 Å². The van der Waals surface area contributed by atoms with Gasteiger partial charge in [-0.05, 0) is 12.5 Å². The van der Waals surface area contributed by atoms with Crippen LogP contribution in [0.1, 0.15) is 28.7 Å². The van der Waals surface area contributed by atoms with Gasteiger partial charge in [0.15, 0.2) is 0 Å². The SMILES string of the molecule is CCc1cc(C(=O)Nc2[nH]ncc2C#N)n(C)n1. The third-order valence-electron chi connectivity index (χ3n) is 2.52. The Labute approximate surface area is 103 Å².